The molecule has 0 unspecified atom stereocenters. The van der Waals surface area contributed by atoms with E-state index < -0.39 is 0 Å². The summed E-state index contributed by atoms with van der Waals surface area (Å²) in [5.41, 5.74) is 6.37. The summed E-state index contributed by atoms with van der Waals surface area (Å²) in [6.45, 7) is 0.608. The summed E-state index contributed by atoms with van der Waals surface area (Å²) < 4.78 is 14.5. The fraction of sp³-hybridized carbons (Fsp3) is 0.0909. The summed E-state index contributed by atoms with van der Waals surface area (Å²) in [4.78, 5) is 1.14. The maximum absolute atomic E-state index is 13.4. The molecule has 0 fully saturated rings. The van der Waals surface area contributed by atoms with Crippen molar-refractivity contribution < 1.29 is 4.39 Å². The number of benzene rings is 1. The van der Waals surface area contributed by atoms with Crippen LogP contribution in [0.1, 0.15) is 4.88 Å². The smallest absolute Gasteiger partial charge is 0.148 e. The van der Waals surface area contributed by atoms with Crippen LogP contribution in [0.3, 0.4) is 0 Å². The topological polar surface area (TPSA) is 38.0 Å². The standard InChI is InChI=1S/C11H10BrFN2S/c12-7-3-9(16-6-7)5-15-11-2-1-8(14)4-10(11)13/h1-4,6,15H,5,14H2. The van der Waals surface area contributed by atoms with Crippen molar-refractivity contribution in [3.8, 4) is 0 Å². The Morgan fingerprint density at radius 1 is 1.38 bits per heavy atom. The highest BCUT2D eigenvalue weighted by atomic mass is 79.9. The van der Waals surface area contributed by atoms with E-state index in [-0.39, 0.29) is 5.82 Å². The molecule has 0 aliphatic rings. The number of hydrogen-bond donors (Lipinski definition) is 2. The highest BCUT2D eigenvalue weighted by Gasteiger charge is 2.03. The monoisotopic (exact) mass is 300 g/mol. The molecule has 84 valence electrons. The van der Waals surface area contributed by atoms with E-state index in [4.69, 9.17) is 5.73 Å². The quantitative estimate of drug-likeness (QED) is 0.845. The minimum atomic E-state index is -0.323. The molecule has 0 saturated carbocycles. The molecule has 0 amide bonds. The van der Waals surface area contributed by atoms with Gasteiger partial charge in [-0.2, -0.15) is 0 Å². The third-order valence-corrected chi connectivity index (χ3v) is 3.77. The van der Waals surface area contributed by atoms with E-state index in [9.17, 15) is 4.39 Å². The Kier molecular flexibility index (Phi) is 3.46. The molecular formula is C11H10BrFN2S. The number of nitrogens with two attached hydrogens (primary N) is 1. The van der Waals surface area contributed by atoms with Crippen molar-refractivity contribution in [2.45, 2.75) is 6.54 Å². The van der Waals surface area contributed by atoms with Crippen molar-refractivity contribution in [1.29, 1.82) is 0 Å². The first-order chi connectivity index (χ1) is 7.65. The van der Waals surface area contributed by atoms with Crippen molar-refractivity contribution in [2.75, 3.05) is 11.1 Å². The summed E-state index contributed by atoms with van der Waals surface area (Å²) in [7, 11) is 0. The number of nitrogens with one attached hydrogen (secondary N) is 1. The largest absolute Gasteiger partial charge is 0.399 e. The highest BCUT2D eigenvalue weighted by Crippen LogP contribution is 2.22. The average Bonchev–Trinajstić information content (AvgIpc) is 2.63. The fourth-order valence-corrected chi connectivity index (χ4v) is 2.69. The van der Waals surface area contributed by atoms with Crippen molar-refractivity contribution in [3.05, 3.63) is 44.8 Å². The number of rotatable bonds is 3. The lowest BCUT2D eigenvalue weighted by Gasteiger charge is -2.06. The first-order valence-electron chi connectivity index (χ1n) is 4.67. The van der Waals surface area contributed by atoms with Crippen molar-refractivity contribution in [2.24, 2.45) is 0 Å². The molecule has 0 radical (unpaired) electrons. The van der Waals surface area contributed by atoms with Gasteiger partial charge in [0, 0.05) is 27.0 Å². The Balaban J connectivity index is 2.04. The van der Waals surface area contributed by atoms with Crippen LogP contribution < -0.4 is 11.1 Å². The van der Waals surface area contributed by atoms with E-state index in [1.807, 2.05) is 11.4 Å². The second-order valence-corrected chi connectivity index (χ2v) is 5.24. The van der Waals surface area contributed by atoms with Crippen molar-refractivity contribution in [1.82, 2.24) is 0 Å². The van der Waals surface area contributed by atoms with Gasteiger partial charge in [0.05, 0.1) is 5.69 Å². The second-order valence-electron chi connectivity index (χ2n) is 3.32. The van der Waals surface area contributed by atoms with E-state index in [1.165, 1.54) is 6.07 Å². The van der Waals surface area contributed by atoms with Crippen molar-refractivity contribution in [3.63, 3.8) is 0 Å². The van der Waals surface area contributed by atoms with E-state index in [0.717, 1.165) is 9.35 Å². The molecule has 0 bridgehead atoms. The molecular weight excluding hydrogens is 291 g/mol. The summed E-state index contributed by atoms with van der Waals surface area (Å²) in [6, 6.07) is 6.64. The molecule has 2 nitrogen and oxygen atoms in total. The van der Waals surface area contributed by atoms with E-state index in [1.54, 1.807) is 23.5 Å². The normalized spacial score (nSPS) is 10.4. The minimum Gasteiger partial charge on any atom is -0.399 e. The minimum absolute atomic E-state index is 0.323. The van der Waals surface area contributed by atoms with Crippen LogP contribution >= 0.6 is 27.3 Å². The Labute approximate surface area is 105 Å². The van der Waals surface area contributed by atoms with Gasteiger partial charge in [-0.05, 0) is 40.2 Å². The summed E-state index contributed by atoms with van der Waals surface area (Å²) >= 11 is 5.00. The summed E-state index contributed by atoms with van der Waals surface area (Å²) in [5.74, 6) is -0.323. The van der Waals surface area contributed by atoms with Crippen LogP contribution in [0.2, 0.25) is 0 Å². The van der Waals surface area contributed by atoms with Crippen LogP contribution in [-0.2, 0) is 6.54 Å². The number of hydrogen-bond acceptors (Lipinski definition) is 3. The SMILES string of the molecule is Nc1ccc(NCc2cc(Br)cs2)c(F)c1. The Hall–Kier alpha value is -1.07. The van der Waals surface area contributed by atoms with Gasteiger partial charge in [0.1, 0.15) is 5.82 Å². The van der Waals surface area contributed by atoms with Gasteiger partial charge in [-0.1, -0.05) is 0 Å². The van der Waals surface area contributed by atoms with Crippen LogP contribution in [0.25, 0.3) is 0 Å². The molecule has 0 aliphatic heterocycles. The lowest BCUT2D eigenvalue weighted by atomic mass is 10.2. The molecule has 0 atom stereocenters. The third-order valence-electron chi connectivity index (χ3n) is 2.07. The maximum atomic E-state index is 13.4. The zero-order valence-electron chi connectivity index (χ0n) is 8.34. The molecule has 1 aromatic carbocycles. The van der Waals surface area contributed by atoms with Gasteiger partial charge >= 0.3 is 0 Å². The zero-order valence-corrected chi connectivity index (χ0v) is 10.7. The number of anilines is 2. The van der Waals surface area contributed by atoms with Gasteiger partial charge in [-0.3, -0.25) is 0 Å². The van der Waals surface area contributed by atoms with E-state index in [2.05, 4.69) is 21.2 Å². The second kappa shape index (κ2) is 4.84. The molecule has 5 heteroatoms. The Morgan fingerprint density at radius 3 is 2.81 bits per heavy atom. The molecule has 0 saturated heterocycles. The highest BCUT2D eigenvalue weighted by molar-refractivity contribution is 9.10. The number of thiophene rings is 1. The van der Waals surface area contributed by atoms with Crippen LogP contribution in [0.15, 0.2) is 34.1 Å². The summed E-state index contributed by atoms with van der Waals surface area (Å²) in [6.07, 6.45) is 0. The molecule has 0 aliphatic carbocycles. The molecule has 1 heterocycles. The molecule has 3 N–H and O–H groups in total. The van der Waals surface area contributed by atoms with E-state index in [0.29, 0.717) is 17.9 Å². The number of nitrogen functional groups attached to an aromatic ring is 1. The maximum Gasteiger partial charge on any atom is 0.148 e. The van der Waals surface area contributed by atoms with Gasteiger partial charge in [-0.15, -0.1) is 11.3 Å². The average molecular weight is 301 g/mol. The van der Waals surface area contributed by atoms with E-state index >= 15 is 0 Å². The molecule has 2 rings (SSSR count). The third kappa shape index (κ3) is 2.74. The molecule has 16 heavy (non-hydrogen) atoms. The van der Waals surface area contributed by atoms with Gasteiger partial charge in [-0.25, -0.2) is 4.39 Å². The Bertz CT molecular complexity index is 498. The van der Waals surface area contributed by atoms with Gasteiger partial charge in [0.25, 0.3) is 0 Å². The number of halogens is 2. The Morgan fingerprint density at radius 2 is 2.19 bits per heavy atom. The summed E-state index contributed by atoms with van der Waals surface area (Å²) in [5, 5.41) is 5.03. The van der Waals surface area contributed by atoms with Gasteiger partial charge in [0.15, 0.2) is 0 Å². The van der Waals surface area contributed by atoms with Crippen molar-refractivity contribution >= 4 is 38.6 Å². The zero-order chi connectivity index (χ0) is 11.5. The molecule has 1 aromatic heterocycles. The van der Waals surface area contributed by atoms with Crippen LogP contribution in [0.5, 0.6) is 0 Å². The van der Waals surface area contributed by atoms with Gasteiger partial charge < -0.3 is 11.1 Å². The first kappa shape index (κ1) is 11.4. The first-order valence-corrected chi connectivity index (χ1v) is 6.34. The fourth-order valence-electron chi connectivity index (χ4n) is 1.30. The lowest BCUT2D eigenvalue weighted by Crippen LogP contribution is -2.00. The predicted octanol–water partition coefficient (Wildman–Crippen LogP) is 3.84. The lowest BCUT2D eigenvalue weighted by molar-refractivity contribution is 0.631. The van der Waals surface area contributed by atoms with Crippen LogP contribution in [0, 0.1) is 5.82 Å². The van der Waals surface area contributed by atoms with Gasteiger partial charge in [0.2, 0.25) is 0 Å². The predicted molar refractivity (Wildman–Crippen MR) is 70.2 cm³/mol. The molecule has 0 spiro atoms. The molecule has 2 aromatic rings. The van der Waals surface area contributed by atoms with Crippen LogP contribution in [0.4, 0.5) is 15.8 Å². The van der Waals surface area contributed by atoms with Crippen LogP contribution in [-0.4, -0.2) is 0 Å².